The molecule has 4 rings (SSSR count). The van der Waals surface area contributed by atoms with Crippen molar-refractivity contribution < 1.29 is 9.53 Å². The molecule has 5 heteroatoms. The molecule has 28 heavy (non-hydrogen) atoms. The fourth-order valence-corrected chi connectivity index (χ4v) is 3.80. The van der Waals surface area contributed by atoms with E-state index in [1.165, 1.54) is 31.2 Å². The maximum absolute atomic E-state index is 12.6. The first-order valence-corrected chi connectivity index (χ1v) is 10.2. The Bertz CT molecular complexity index is 955. The Balaban J connectivity index is 1.39. The van der Waals surface area contributed by atoms with E-state index in [-0.39, 0.29) is 5.91 Å². The molecule has 1 aliphatic rings. The second-order valence-corrected chi connectivity index (χ2v) is 7.68. The van der Waals surface area contributed by atoms with Crippen LogP contribution in [0, 0.1) is 6.92 Å². The highest BCUT2D eigenvalue weighted by molar-refractivity contribution is 5.94. The molecule has 0 unspecified atom stereocenters. The van der Waals surface area contributed by atoms with Crippen LogP contribution in [0.3, 0.4) is 0 Å². The average Bonchev–Trinajstić information content (AvgIpc) is 2.92. The maximum atomic E-state index is 12.6. The van der Waals surface area contributed by atoms with E-state index >= 15 is 0 Å². The van der Waals surface area contributed by atoms with Gasteiger partial charge in [0.15, 0.2) is 0 Å². The molecule has 0 bridgehead atoms. The summed E-state index contributed by atoms with van der Waals surface area (Å²) in [6.45, 7) is 2.43. The molecule has 0 spiro atoms. The Hall–Kier alpha value is -2.82. The first kappa shape index (κ1) is 18.5. The molecule has 5 nitrogen and oxygen atoms in total. The number of hydrogen-bond acceptors (Lipinski definition) is 3. The van der Waals surface area contributed by atoms with E-state index in [4.69, 9.17) is 4.74 Å². The van der Waals surface area contributed by atoms with Gasteiger partial charge in [0, 0.05) is 24.0 Å². The van der Waals surface area contributed by atoms with Crippen LogP contribution in [0.4, 0.5) is 0 Å². The highest BCUT2D eigenvalue weighted by Crippen LogP contribution is 2.19. The molecule has 0 radical (unpaired) electrons. The molecule has 0 aliphatic heterocycles. The van der Waals surface area contributed by atoms with Crippen molar-refractivity contribution >= 4 is 11.6 Å². The lowest BCUT2D eigenvalue weighted by Crippen LogP contribution is -2.34. The number of hydrogen-bond donors (Lipinski definition) is 1. The topological polar surface area (TPSA) is 55.6 Å². The van der Waals surface area contributed by atoms with E-state index in [9.17, 15) is 4.79 Å². The van der Waals surface area contributed by atoms with Crippen LogP contribution in [-0.2, 0) is 6.61 Å². The zero-order chi connectivity index (χ0) is 19.3. The summed E-state index contributed by atoms with van der Waals surface area (Å²) in [6, 6.07) is 11.7. The molecule has 146 valence electrons. The van der Waals surface area contributed by atoms with E-state index in [1.807, 2.05) is 53.2 Å². The first-order chi connectivity index (χ1) is 13.7. The number of pyridine rings is 1. The number of imidazole rings is 1. The third-order valence-corrected chi connectivity index (χ3v) is 5.32. The summed E-state index contributed by atoms with van der Waals surface area (Å²) >= 11 is 0. The van der Waals surface area contributed by atoms with Crippen LogP contribution in [0.1, 0.15) is 60.1 Å². The van der Waals surface area contributed by atoms with E-state index < -0.39 is 0 Å². The van der Waals surface area contributed by atoms with E-state index in [2.05, 4.69) is 17.2 Å². The zero-order valence-electron chi connectivity index (χ0n) is 16.4. The number of fused-ring (bicyclic) bond motifs is 1. The van der Waals surface area contributed by atoms with Gasteiger partial charge in [-0.2, -0.15) is 0 Å². The molecule has 0 saturated heterocycles. The summed E-state index contributed by atoms with van der Waals surface area (Å²) in [4.78, 5) is 17.2. The van der Waals surface area contributed by atoms with Crippen LogP contribution >= 0.6 is 0 Å². The molecular formula is C23H27N3O2. The van der Waals surface area contributed by atoms with Crippen LogP contribution in [0.5, 0.6) is 5.75 Å². The van der Waals surface area contributed by atoms with Crippen molar-refractivity contribution in [2.24, 2.45) is 0 Å². The van der Waals surface area contributed by atoms with Gasteiger partial charge < -0.3 is 14.5 Å². The number of benzene rings is 1. The number of carbonyl (C=O) groups excluding carboxylic acids is 1. The predicted octanol–water partition coefficient (Wildman–Crippen LogP) is 4.67. The largest absolute Gasteiger partial charge is 0.487 e. The summed E-state index contributed by atoms with van der Waals surface area (Å²) in [6.07, 6.45) is 11.1. The molecule has 1 amide bonds. The summed E-state index contributed by atoms with van der Waals surface area (Å²) in [5.74, 6) is 0.669. The van der Waals surface area contributed by atoms with Gasteiger partial charge in [0.05, 0.1) is 5.69 Å². The van der Waals surface area contributed by atoms with Gasteiger partial charge in [0.2, 0.25) is 0 Å². The van der Waals surface area contributed by atoms with E-state index in [0.29, 0.717) is 24.0 Å². The van der Waals surface area contributed by atoms with Gasteiger partial charge in [0.1, 0.15) is 18.0 Å². The number of nitrogens with zero attached hydrogens (tertiary/aromatic N) is 2. The summed E-state index contributed by atoms with van der Waals surface area (Å²) in [5.41, 5.74) is 3.59. The van der Waals surface area contributed by atoms with Gasteiger partial charge in [-0.25, -0.2) is 4.98 Å². The number of aryl methyl sites for hydroxylation is 1. The Morgan fingerprint density at radius 3 is 2.79 bits per heavy atom. The highest BCUT2D eigenvalue weighted by Gasteiger charge is 2.16. The number of rotatable bonds is 5. The summed E-state index contributed by atoms with van der Waals surface area (Å²) < 4.78 is 7.90. The standard InChI is InChI=1S/C23H27N3O2/c1-17-11-12-22-24-20(15-26(22)14-17)16-28-21-10-6-7-18(13-21)23(27)25-19-8-4-2-3-5-9-19/h6-7,10-15,19H,2-5,8-9,16H2,1H3,(H,25,27). The molecule has 1 aromatic carbocycles. The third-order valence-electron chi connectivity index (χ3n) is 5.32. The predicted molar refractivity (Wildman–Crippen MR) is 110 cm³/mol. The van der Waals surface area contributed by atoms with Crippen LogP contribution < -0.4 is 10.1 Å². The van der Waals surface area contributed by atoms with Crippen molar-refractivity contribution in [2.75, 3.05) is 0 Å². The summed E-state index contributed by atoms with van der Waals surface area (Å²) in [7, 11) is 0. The monoisotopic (exact) mass is 377 g/mol. The van der Waals surface area contributed by atoms with Gasteiger partial charge in [-0.3, -0.25) is 4.79 Å². The molecule has 0 atom stereocenters. The highest BCUT2D eigenvalue weighted by atomic mass is 16.5. The van der Waals surface area contributed by atoms with Crippen molar-refractivity contribution in [3.05, 3.63) is 65.6 Å². The van der Waals surface area contributed by atoms with E-state index in [1.54, 1.807) is 0 Å². The Morgan fingerprint density at radius 1 is 1.14 bits per heavy atom. The van der Waals surface area contributed by atoms with Crippen LogP contribution in [0.15, 0.2) is 48.8 Å². The van der Waals surface area contributed by atoms with Crippen molar-refractivity contribution in [2.45, 2.75) is 58.1 Å². The lowest BCUT2D eigenvalue weighted by atomic mass is 10.1. The van der Waals surface area contributed by atoms with Gasteiger partial charge in [-0.15, -0.1) is 0 Å². The lowest BCUT2D eigenvalue weighted by molar-refractivity contribution is 0.0933. The Labute approximate surface area is 165 Å². The van der Waals surface area contributed by atoms with E-state index in [0.717, 1.165) is 24.2 Å². The maximum Gasteiger partial charge on any atom is 0.251 e. The normalized spacial score (nSPS) is 15.3. The van der Waals surface area contributed by atoms with Gasteiger partial charge in [0.25, 0.3) is 5.91 Å². The molecule has 1 N–H and O–H groups in total. The molecule has 1 fully saturated rings. The molecule has 1 aliphatic carbocycles. The minimum Gasteiger partial charge on any atom is -0.487 e. The van der Waals surface area contributed by atoms with Crippen LogP contribution in [0.2, 0.25) is 0 Å². The molecule has 2 aromatic heterocycles. The SMILES string of the molecule is Cc1ccc2nc(COc3cccc(C(=O)NC4CCCCCC4)c3)cn2c1. The minimum absolute atomic E-state index is 0.0134. The smallest absolute Gasteiger partial charge is 0.251 e. The van der Waals surface area contributed by atoms with Gasteiger partial charge in [-0.05, 0) is 49.6 Å². The fraction of sp³-hybridized carbons (Fsp3) is 0.391. The quantitative estimate of drug-likeness (QED) is 0.657. The average molecular weight is 377 g/mol. The number of ether oxygens (including phenoxy) is 1. The number of nitrogens with one attached hydrogen (secondary N) is 1. The van der Waals surface area contributed by atoms with Crippen molar-refractivity contribution in [1.82, 2.24) is 14.7 Å². The van der Waals surface area contributed by atoms with Gasteiger partial charge in [-0.1, -0.05) is 37.8 Å². The summed E-state index contributed by atoms with van der Waals surface area (Å²) in [5, 5.41) is 3.19. The second kappa shape index (κ2) is 8.46. The number of amides is 1. The minimum atomic E-state index is -0.0134. The van der Waals surface area contributed by atoms with Gasteiger partial charge >= 0.3 is 0 Å². The second-order valence-electron chi connectivity index (χ2n) is 7.68. The molecular weight excluding hydrogens is 350 g/mol. The number of aromatic nitrogens is 2. The fourth-order valence-electron chi connectivity index (χ4n) is 3.80. The number of carbonyl (C=O) groups is 1. The molecule has 1 saturated carbocycles. The zero-order valence-corrected chi connectivity index (χ0v) is 16.4. The lowest BCUT2D eigenvalue weighted by Gasteiger charge is -2.16. The van der Waals surface area contributed by atoms with Crippen LogP contribution in [0.25, 0.3) is 5.65 Å². The third kappa shape index (κ3) is 4.53. The first-order valence-electron chi connectivity index (χ1n) is 10.2. The van der Waals surface area contributed by atoms with Crippen LogP contribution in [-0.4, -0.2) is 21.3 Å². The Morgan fingerprint density at radius 2 is 1.96 bits per heavy atom. The van der Waals surface area contributed by atoms with Crippen molar-refractivity contribution in [1.29, 1.82) is 0 Å². The Kier molecular flexibility index (Phi) is 5.60. The molecule has 2 heterocycles. The molecule has 3 aromatic rings. The van der Waals surface area contributed by atoms with Crippen molar-refractivity contribution in [3.63, 3.8) is 0 Å². The van der Waals surface area contributed by atoms with Crippen molar-refractivity contribution in [3.8, 4) is 5.75 Å².